The Morgan fingerprint density at radius 3 is 2.36 bits per heavy atom. The van der Waals surface area contributed by atoms with Gasteiger partial charge in [0.1, 0.15) is 37.2 Å². The normalized spacial score (nSPS) is 19.0. The van der Waals surface area contributed by atoms with Crippen molar-refractivity contribution in [3.63, 3.8) is 0 Å². The number of esters is 2. The number of nitrogens with zero attached hydrogens (tertiary/aromatic N) is 5. The summed E-state index contributed by atoms with van der Waals surface area (Å²) in [6.07, 6.45) is 6.92. The minimum Gasteiger partial charge on any atom is -0.497 e. The monoisotopic (exact) mass is 930 g/mol. The van der Waals surface area contributed by atoms with Crippen LogP contribution in [0.15, 0.2) is 87.5 Å². The van der Waals surface area contributed by atoms with E-state index in [1.807, 2.05) is 25.1 Å². The number of likely N-dealkylation sites (tertiary alicyclic amines) is 2. The fraction of sp³-hybridized carbons (Fsp3) is 0.431. The largest absolute Gasteiger partial charge is 0.497 e. The lowest BCUT2D eigenvalue weighted by Crippen LogP contribution is -2.48. The zero-order chi connectivity index (χ0) is 46.9. The summed E-state index contributed by atoms with van der Waals surface area (Å²) in [7, 11) is -2.56. The van der Waals surface area contributed by atoms with Crippen LogP contribution in [0.3, 0.4) is 0 Å². The fourth-order valence-corrected chi connectivity index (χ4v) is 11.1. The van der Waals surface area contributed by atoms with Crippen LogP contribution in [0.25, 0.3) is 22.3 Å². The van der Waals surface area contributed by atoms with E-state index in [0.29, 0.717) is 41.9 Å². The Kier molecular flexibility index (Phi) is 13.2. The number of hydrogen-bond acceptors (Lipinski definition) is 13. The Balaban J connectivity index is 0.965. The number of carbonyl (C=O) groups excluding carboxylic acids is 2. The minimum atomic E-state index is -4.10. The van der Waals surface area contributed by atoms with E-state index in [4.69, 9.17) is 23.9 Å². The zero-order valence-corrected chi connectivity index (χ0v) is 39.5. The van der Waals surface area contributed by atoms with Crippen LogP contribution in [-0.2, 0) is 60.7 Å². The van der Waals surface area contributed by atoms with Crippen molar-refractivity contribution in [1.82, 2.24) is 24.1 Å². The van der Waals surface area contributed by atoms with Crippen molar-refractivity contribution in [2.75, 3.05) is 46.6 Å². The highest BCUT2D eigenvalue weighted by Gasteiger charge is 2.50. The highest BCUT2D eigenvalue weighted by atomic mass is 32.2. The molecule has 0 saturated carbocycles. The molecule has 0 spiro atoms. The van der Waals surface area contributed by atoms with E-state index in [1.54, 1.807) is 61.1 Å². The first-order valence-corrected chi connectivity index (χ1v) is 24.8. The second kappa shape index (κ2) is 19.2. The average Bonchev–Trinajstić information content (AvgIpc) is 3.71. The Morgan fingerprint density at radius 1 is 0.925 bits per heavy atom. The number of benzene rings is 3. The molecule has 0 aliphatic carbocycles. The second-order valence-electron chi connectivity index (χ2n) is 17.9. The van der Waals surface area contributed by atoms with E-state index < -0.39 is 34.1 Å². The molecule has 2 fully saturated rings. The van der Waals surface area contributed by atoms with E-state index in [2.05, 4.69) is 26.4 Å². The highest BCUT2D eigenvalue weighted by Crippen LogP contribution is 2.42. The van der Waals surface area contributed by atoms with Gasteiger partial charge in [-0.1, -0.05) is 50.1 Å². The van der Waals surface area contributed by atoms with E-state index in [9.17, 15) is 22.8 Å². The van der Waals surface area contributed by atoms with Gasteiger partial charge in [-0.05, 0) is 118 Å². The molecule has 5 aromatic rings. The number of sulfonamides is 1. The molecule has 0 radical (unpaired) electrons. The fourth-order valence-electron chi connectivity index (χ4n) is 10.0. The lowest BCUT2D eigenvalue weighted by Gasteiger charge is -2.40. The first-order valence-electron chi connectivity index (χ1n) is 23.4. The number of hydrogen-bond donors (Lipinski definition) is 1. The van der Waals surface area contributed by atoms with Gasteiger partial charge in [0.15, 0.2) is 0 Å². The Morgan fingerprint density at radius 2 is 1.66 bits per heavy atom. The predicted octanol–water partition coefficient (Wildman–Crippen LogP) is 6.42. The Labute approximate surface area is 391 Å². The van der Waals surface area contributed by atoms with Gasteiger partial charge in [-0.15, -0.1) is 0 Å². The lowest BCUT2D eigenvalue weighted by atomic mass is 9.85. The van der Waals surface area contributed by atoms with Crippen molar-refractivity contribution in [3.8, 4) is 22.9 Å². The summed E-state index contributed by atoms with van der Waals surface area (Å²) in [5.74, 6) is -0.397. The van der Waals surface area contributed by atoms with Gasteiger partial charge in [0, 0.05) is 42.1 Å². The Bertz CT molecular complexity index is 2890. The number of pyridine rings is 2. The molecule has 67 heavy (non-hydrogen) atoms. The van der Waals surface area contributed by atoms with Crippen LogP contribution in [0.1, 0.15) is 85.8 Å². The maximum atomic E-state index is 14.4. The molecule has 1 N–H and O–H groups in total. The number of amidine groups is 1. The molecule has 4 aliphatic rings. The van der Waals surface area contributed by atoms with Gasteiger partial charge >= 0.3 is 11.9 Å². The number of fused-ring (bicyclic) bond motifs is 5. The first-order chi connectivity index (χ1) is 32.4. The third-order valence-corrected chi connectivity index (χ3v) is 15.2. The summed E-state index contributed by atoms with van der Waals surface area (Å²) in [6, 6.07) is 21.7. The van der Waals surface area contributed by atoms with Gasteiger partial charge in [-0.3, -0.25) is 19.4 Å². The molecule has 15 nitrogen and oxygen atoms in total. The summed E-state index contributed by atoms with van der Waals surface area (Å²) >= 11 is 0. The van der Waals surface area contributed by atoms with Crippen molar-refractivity contribution in [3.05, 3.63) is 117 Å². The predicted molar refractivity (Wildman–Crippen MR) is 254 cm³/mol. The van der Waals surface area contributed by atoms with Crippen molar-refractivity contribution in [2.24, 2.45) is 4.99 Å². The van der Waals surface area contributed by atoms with Crippen molar-refractivity contribution >= 4 is 38.7 Å². The minimum absolute atomic E-state index is 0.0161. The number of aromatic nitrogens is 2. The number of nitrogens with one attached hydrogen (secondary N) is 1. The van der Waals surface area contributed by atoms with Gasteiger partial charge in [0.25, 0.3) is 15.6 Å². The van der Waals surface area contributed by atoms with Crippen molar-refractivity contribution in [2.45, 2.75) is 102 Å². The zero-order valence-electron chi connectivity index (χ0n) is 38.6. The maximum Gasteiger partial charge on any atom is 0.355 e. The molecule has 9 rings (SSSR count). The first kappa shape index (κ1) is 46.0. The molecular weight excluding hydrogens is 873 g/mol. The molecule has 2 aromatic heterocycles. The van der Waals surface area contributed by atoms with Crippen LogP contribution in [0.2, 0.25) is 0 Å². The molecule has 4 aliphatic heterocycles. The van der Waals surface area contributed by atoms with Crippen LogP contribution in [0.4, 0.5) is 0 Å². The average molecular weight is 931 g/mol. The van der Waals surface area contributed by atoms with E-state index in [1.165, 1.54) is 44.5 Å². The summed E-state index contributed by atoms with van der Waals surface area (Å²) in [5.41, 5.74) is 3.52. The number of methoxy groups -OCH3 is 1. The molecular formula is C51H58N6O9S. The van der Waals surface area contributed by atoms with Gasteiger partial charge in [-0.2, -0.15) is 0 Å². The van der Waals surface area contributed by atoms with Crippen LogP contribution in [0, 0.1) is 6.92 Å². The number of aryl methyl sites for hydroxylation is 2. The molecule has 0 unspecified atom stereocenters. The number of aliphatic imine (C=N–C) groups is 1. The van der Waals surface area contributed by atoms with Crippen molar-refractivity contribution < 1.29 is 37.0 Å². The SMILES string of the molecule is CCc1c2c(nc3ccc(OCN4CCC(N5CCCCC5)CC4)cc13)-c1cc3c(c(=O)n1C2)COC(=O)[C@@]3(CC)OC(=O)CN=C(Cc1ccc(OC)cc1)NS(=O)(=O)c1ccc(C)cc1. The van der Waals surface area contributed by atoms with Crippen molar-refractivity contribution in [1.29, 1.82) is 0 Å². The quantitative estimate of drug-likeness (QED) is 0.0724. The van der Waals surface area contributed by atoms with E-state index in [0.717, 1.165) is 59.3 Å². The smallest absolute Gasteiger partial charge is 0.355 e. The van der Waals surface area contributed by atoms with E-state index >= 15 is 0 Å². The summed E-state index contributed by atoms with van der Waals surface area (Å²) in [4.78, 5) is 56.8. The number of cyclic esters (lactones) is 1. The summed E-state index contributed by atoms with van der Waals surface area (Å²) in [6.45, 7) is 9.92. The number of ether oxygens (including phenoxy) is 4. The van der Waals surface area contributed by atoms with E-state index in [-0.39, 0.29) is 53.4 Å². The van der Waals surface area contributed by atoms with Gasteiger partial charge in [0.2, 0.25) is 5.60 Å². The third kappa shape index (κ3) is 9.31. The van der Waals surface area contributed by atoms with Crippen LogP contribution in [-0.4, -0.2) is 98.1 Å². The molecule has 352 valence electrons. The molecule has 0 amide bonds. The Hall–Kier alpha value is -6.10. The number of carbonyl (C=O) groups is 2. The number of piperidine rings is 2. The van der Waals surface area contributed by atoms with Crippen LogP contribution >= 0.6 is 0 Å². The standard InChI is InChI=1S/C51H58N6O9S/c1-5-39-40-27-37(65-32-55-24-20-35(21-25-55)56-22-8-7-9-23-56)16-19-44(40)53-48-41(39)30-57-45(48)28-43-42(49(57)59)31-64-50(60)51(43,6-2)66-47(58)29-52-46(26-34-12-14-36(63-4)15-13-34)54-67(61,62)38-17-10-33(3)11-18-38/h10-19,27-28,35H,5-9,20-26,29-32H2,1-4H3,(H,52,54)/t51-/m0/s1. The summed E-state index contributed by atoms with van der Waals surface area (Å²) in [5, 5.41) is 0.955. The highest BCUT2D eigenvalue weighted by molar-refractivity contribution is 7.90. The van der Waals surface area contributed by atoms with Crippen LogP contribution in [0.5, 0.6) is 11.5 Å². The molecule has 0 bridgehead atoms. The van der Waals surface area contributed by atoms with Gasteiger partial charge in [0.05, 0.1) is 41.0 Å². The third-order valence-electron chi connectivity index (χ3n) is 13.8. The molecule has 1 atom stereocenters. The topological polar surface area (TPSA) is 171 Å². The molecule has 6 heterocycles. The number of rotatable bonds is 14. The van der Waals surface area contributed by atoms with Gasteiger partial charge in [-0.25, -0.2) is 23.0 Å². The summed E-state index contributed by atoms with van der Waals surface area (Å²) < 4.78 is 54.5. The lowest BCUT2D eigenvalue weighted by molar-refractivity contribution is -0.188. The molecule has 16 heteroatoms. The molecule has 2 saturated heterocycles. The molecule has 3 aromatic carbocycles. The maximum absolute atomic E-state index is 14.4. The van der Waals surface area contributed by atoms with Gasteiger partial charge < -0.3 is 28.4 Å². The second-order valence-corrected chi connectivity index (χ2v) is 19.6. The van der Waals surface area contributed by atoms with Crippen LogP contribution < -0.4 is 19.8 Å².